The first-order valence-electron chi connectivity index (χ1n) is 13.3. The molecule has 2 aromatic carbocycles. The van der Waals surface area contributed by atoms with E-state index in [9.17, 15) is 9.59 Å². The number of likely N-dealkylation sites (tertiary alicyclic amines) is 1. The maximum absolute atomic E-state index is 13.5. The van der Waals surface area contributed by atoms with Gasteiger partial charge >= 0.3 is 5.97 Å². The second-order valence-electron chi connectivity index (χ2n) is 10.4. The molecule has 1 aromatic heterocycles. The van der Waals surface area contributed by atoms with E-state index in [1.807, 2.05) is 48.2 Å². The number of hydrogen-bond acceptors (Lipinski definition) is 4. The monoisotopic (exact) mass is 511 g/mol. The molecule has 6 heteroatoms. The Kier molecular flexibility index (Phi) is 8.42. The van der Waals surface area contributed by atoms with Crippen LogP contribution in [0.1, 0.15) is 71.8 Å². The lowest BCUT2D eigenvalue weighted by molar-refractivity contribution is -0.137. The Balaban J connectivity index is 1.55. The molecule has 0 atom stereocenters. The molecule has 1 fully saturated rings. The number of aliphatic carboxylic acids is 1. The number of carboxylic acids is 1. The maximum Gasteiger partial charge on any atom is 0.303 e. The van der Waals surface area contributed by atoms with Crippen LogP contribution in [-0.2, 0) is 16.8 Å². The number of allylic oxidation sites excluding steroid dienone is 3. The molecule has 0 aliphatic carbocycles. The number of carboxylic acid groups (broad SMARTS) is 1. The Labute approximate surface area is 224 Å². The van der Waals surface area contributed by atoms with Crippen molar-refractivity contribution in [2.24, 2.45) is 5.73 Å². The third-order valence-corrected chi connectivity index (χ3v) is 7.59. The number of carbonyl (C=O) groups excluding carboxylic acids is 1. The van der Waals surface area contributed by atoms with E-state index in [1.165, 1.54) is 5.56 Å². The van der Waals surface area contributed by atoms with Crippen molar-refractivity contribution in [1.82, 2.24) is 9.88 Å². The lowest BCUT2D eigenvalue weighted by Crippen LogP contribution is -2.50. The van der Waals surface area contributed by atoms with Gasteiger partial charge in [-0.25, -0.2) is 4.98 Å². The topological polar surface area (TPSA) is 96.5 Å². The summed E-state index contributed by atoms with van der Waals surface area (Å²) in [5.74, 6) is -0.773. The highest BCUT2D eigenvalue weighted by Gasteiger charge is 2.35. The quantitative estimate of drug-likeness (QED) is 0.270. The van der Waals surface area contributed by atoms with Gasteiger partial charge in [0.25, 0.3) is 5.91 Å². The van der Waals surface area contributed by atoms with Gasteiger partial charge in [-0.15, -0.1) is 0 Å². The number of piperidine rings is 1. The van der Waals surface area contributed by atoms with E-state index in [1.54, 1.807) is 6.08 Å². The highest BCUT2D eigenvalue weighted by Crippen LogP contribution is 2.33. The van der Waals surface area contributed by atoms with Gasteiger partial charge in [0, 0.05) is 36.0 Å². The number of aromatic nitrogens is 1. The first-order valence-corrected chi connectivity index (χ1v) is 13.3. The van der Waals surface area contributed by atoms with Crippen LogP contribution in [0.25, 0.3) is 16.5 Å². The van der Waals surface area contributed by atoms with Gasteiger partial charge in [-0.05, 0) is 92.5 Å². The lowest BCUT2D eigenvalue weighted by Gasteiger charge is -2.40. The van der Waals surface area contributed by atoms with Crippen molar-refractivity contribution >= 4 is 28.4 Å². The summed E-state index contributed by atoms with van der Waals surface area (Å²) in [4.78, 5) is 31.2. The van der Waals surface area contributed by atoms with Gasteiger partial charge in [-0.3, -0.25) is 9.59 Å². The third-order valence-electron chi connectivity index (χ3n) is 7.59. The highest BCUT2D eigenvalue weighted by atomic mass is 16.4. The summed E-state index contributed by atoms with van der Waals surface area (Å²) in [7, 11) is 0. The van der Waals surface area contributed by atoms with Crippen LogP contribution in [0.4, 0.5) is 0 Å². The van der Waals surface area contributed by atoms with Crippen molar-refractivity contribution in [3.63, 3.8) is 0 Å². The molecular formula is C32H37N3O3. The molecule has 3 aromatic rings. The van der Waals surface area contributed by atoms with Crippen molar-refractivity contribution < 1.29 is 14.7 Å². The molecule has 2 heterocycles. The van der Waals surface area contributed by atoms with Crippen molar-refractivity contribution in [2.45, 2.75) is 57.9 Å². The summed E-state index contributed by atoms with van der Waals surface area (Å²) >= 11 is 0. The molecule has 1 amide bonds. The van der Waals surface area contributed by atoms with E-state index in [-0.39, 0.29) is 12.3 Å². The van der Waals surface area contributed by atoms with Crippen LogP contribution >= 0.6 is 0 Å². The predicted octanol–water partition coefficient (Wildman–Crippen LogP) is 6.02. The zero-order valence-electron chi connectivity index (χ0n) is 22.4. The van der Waals surface area contributed by atoms with Crippen molar-refractivity contribution in [3.05, 3.63) is 95.2 Å². The zero-order valence-corrected chi connectivity index (χ0v) is 22.4. The van der Waals surface area contributed by atoms with Crippen molar-refractivity contribution in [3.8, 4) is 0 Å². The molecular weight excluding hydrogens is 474 g/mol. The number of aryl methyl sites for hydroxylation is 2. The summed E-state index contributed by atoms with van der Waals surface area (Å²) in [6.07, 6.45) is 7.34. The number of pyridine rings is 1. The Morgan fingerprint density at radius 3 is 2.55 bits per heavy atom. The number of fused-ring (bicyclic) bond motifs is 1. The highest BCUT2D eigenvalue weighted by molar-refractivity contribution is 5.98. The molecule has 0 spiro atoms. The van der Waals surface area contributed by atoms with Crippen LogP contribution in [0.2, 0.25) is 0 Å². The minimum absolute atomic E-state index is 0.00792. The molecule has 3 N–H and O–H groups in total. The number of nitrogens with two attached hydrogens (primary N) is 1. The van der Waals surface area contributed by atoms with E-state index in [0.29, 0.717) is 25.1 Å². The fourth-order valence-corrected chi connectivity index (χ4v) is 5.42. The van der Waals surface area contributed by atoms with Gasteiger partial charge in [-0.2, -0.15) is 0 Å². The number of amides is 1. The second-order valence-corrected chi connectivity index (χ2v) is 10.4. The number of nitrogens with zero attached hydrogens (tertiary/aromatic N) is 2. The first kappa shape index (κ1) is 27.3. The zero-order chi connectivity index (χ0) is 27.3. The third kappa shape index (κ3) is 6.03. The van der Waals surface area contributed by atoms with Crippen LogP contribution in [0.3, 0.4) is 0 Å². The molecule has 1 aliphatic rings. The largest absolute Gasteiger partial charge is 0.481 e. The van der Waals surface area contributed by atoms with Crippen LogP contribution in [0.5, 0.6) is 0 Å². The number of unbranched alkanes of at least 4 members (excludes halogenated alkanes) is 1. The standard InChI is InChI=1S/C32H37N3O3/c1-4-9-23(3)30-24(11-6-8-13-29(36)37)20-26-21-25(14-15-28(26)34-30)31(38)35-18-16-32(33,17-19-35)27-12-7-5-10-22(27)2/h4-5,7,9-10,12,14-15,20-21H,1,6,8,11,13,16-19,33H2,2-3H3,(H,36,37). The molecule has 6 nitrogen and oxygen atoms in total. The Morgan fingerprint density at radius 1 is 1.13 bits per heavy atom. The average Bonchev–Trinajstić information content (AvgIpc) is 2.90. The number of carbonyl (C=O) groups is 2. The number of benzene rings is 2. The minimum Gasteiger partial charge on any atom is -0.481 e. The Morgan fingerprint density at radius 2 is 1.87 bits per heavy atom. The fourth-order valence-electron chi connectivity index (χ4n) is 5.42. The van der Waals surface area contributed by atoms with E-state index in [4.69, 9.17) is 15.8 Å². The van der Waals surface area contributed by atoms with E-state index in [0.717, 1.165) is 59.0 Å². The molecule has 0 saturated carbocycles. The molecule has 1 aliphatic heterocycles. The van der Waals surface area contributed by atoms with Crippen LogP contribution in [-0.4, -0.2) is 40.0 Å². The molecule has 198 valence electrons. The Hall–Kier alpha value is -3.77. The van der Waals surface area contributed by atoms with E-state index >= 15 is 0 Å². The van der Waals surface area contributed by atoms with Crippen LogP contribution < -0.4 is 5.73 Å². The summed E-state index contributed by atoms with van der Waals surface area (Å²) in [6, 6.07) is 16.0. The summed E-state index contributed by atoms with van der Waals surface area (Å²) in [6.45, 7) is 9.11. The smallest absolute Gasteiger partial charge is 0.303 e. The second kappa shape index (κ2) is 11.7. The molecule has 0 bridgehead atoms. The summed E-state index contributed by atoms with van der Waals surface area (Å²) in [5, 5.41) is 9.89. The molecule has 0 radical (unpaired) electrons. The van der Waals surface area contributed by atoms with Gasteiger partial charge in [-0.1, -0.05) is 43.0 Å². The summed E-state index contributed by atoms with van der Waals surface area (Å²) in [5.41, 5.74) is 13.1. The maximum atomic E-state index is 13.5. The number of rotatable bonds is 9. The van der Waals surface area contributed by atoms with Gasteiger partial charge in [0.1, 0.15) is 0 Å². The van der Waals surface area contributed by atoms with Crippen LogP contribution in [0.15, 0.2) is 67.3 Å². The molecule has 1 saturated heterocycles. The van der Waals surface area contributed by atoms with Gasteiger partial charge in [0.05, 0.1) is 11.2 Å². The summed E-state index contributed by atoms with van der Waals surface area (Å²) < 4.78 is 0. The van der Waals surface area contributed by atoms with Gasteiger partial charge in [0.2, 0.25) is 0 Å². The normalized spacial score (nSPS) is 15.4. The average molecular weight is 512 g/mol. The predicted molar refractivity (Wildman–Crippen MR) is 153 cm³/mol. The number of hydrogen-bond donors (Lipinski definition) is 2. The lowest BCUT2D eigenvalue weighted by atomic mass is 9.80. The molecule has 38 heavy (non-hydrogen) atoms. The van der Waals surface area contributed by atoms with E-state index in [2.05, 4.69) is 31.7 Å². The van der Waals surface area contributed by atoms with Gasteiger partial charge < -0.3 is 15.7 Å². The molecule has 0 unspecified atom stereocenters. The minimum atomic E-state index is -0.781. The van der Waals surface area contributed by atoms with E-state index < -0.39 is 11.5 Å². The van der Waals surface area contributed by atoms with Crippen molar-refractivity contribution in [2.75, 3.05) is 13.1 Å². The SMILES string of the molecule is C=CC=C(C)c1nc2ccc(C(=O)N3CCC(N)(c4ccccc4C)CC3)cc2cc1CCCCC(=O)O. The first-order chi connectivity index (χ1) is 18.2. The van der Waals surface area contributed by atoms with Crippen molar-refractivity contribution in [1.29, 1.82) is 0 Å². The fraction of sp³-hybridized carbons (Fsp3) is 0.344. The van der Waals surface area contributed by atoms with Gasteiger partial charge in [0.15, 0.2) is 0 Å². The Bertz CT molecular complexity index is 1380. The molecule has 4 rings (SSSR count). The van der Waals surface area contributed by atoms with Crippen LogP contribution in [0, 0.1) is 6.92 Å².